The quantitative estimate of drug-likeness (QED) is 0.802. The van der Waals surface area contributed by atoms with E-state index in [0.717, 1.165) is 16.0 Å². The molecule has 4 heteroatoms. The number of aliphatic carboxylic acids is 1. The van der Waals surface area contributed by atoms with Crippen LogP contribution in [0.2, 0.25) is 0 Å². The zero-order valence-corrected chi connectivity index (χ0v) is 11.7. The number of carbonyl (C=O) groups is 1. The third-order valence-electron chi connectivity index (χ3n) is 3.02. The van der Waals surface area contributed by atoms with Crippen LogP contribution in [0, 0.1) is 0 Å². The van der Waals surface area contributed by atoms with Crippen molar-refractivity contribution in [1.82, 2.24) is 0 Å². The standard InChI is InChI=1S/C16H16O3S/c17-10-12-6-8-14(9-7-12)20-11-15(16(18)19)13-4-2-1-3-5-13/h1-9,15,17H,10-11H2,(H,18,19). The lowest BCUT2D eigenvalue weighted by Crippen LogP contribution is -2.14. The van der Waals surface area contributed by atoms with E-state index < -0.39 is 11.9 Å². The molecule has 2 aromatic rings. The lowest BCUT2D eigenvalue weighted by atomic mass is 10.0. The Morgan fingerprint density at radius 3 is 2.25 bits per heavy atom. The fourth-order valence-electron chi connectivity index (χ4n) is 1.87. The van der Waals surface area contributed by atoms with Crippen molar-refractivity contribution >= 4 is 17.7 Å². The molecule has 1 unspecified atom stereocenters. The van der Waals surface area contributed by atoms with Gasteiger partial charge in [-0.25, -0.2) is 0 Å². The van der Waals surface area contributed by atoms with Gasteiger partial charge in [0.2, 0.25) is 0 Å². The number of hydrogen-bond acceptors (Lipinski definition) is 3. The molecule has 0 radical (unpaired) electrons. The van der Waals surface area contributed by atoms with Crippen molar-refractivity contribution in [2.75, 3.05) is 5.75 Å². The monoisotopic (exact) mass is 288 g/mol. The van der Waals surface area contributed by atoms with Gasteiger partial charge in [0, 0.05) is 10.6 Å². The second kappa shape index (κ2) is 7.12. The van der Waals surface area contributed by atoms with E-state index in [9.17, 15) is 9.90 Å². The zero-order chi connectivity index (χ0) is 14.4. The highest BCUT2D eigenvalue weighted by molar-refractivity contribution is 7.99. The van der Waals surface area contributed by atoms with E-state index in [4.69, 9.17) is 5.11 Å². The van der Waals surface area contributed by atoms with Gasteiger partial charge in [0.05, 0.1) is 12.5 Å². The normalized spacial score (nSPS) is 12.1. The Bertz CT molecular complexity index is 552. The summed E-state index contributed by atoms with van der Waals surface area (Å²) in [6.45, 7) is 0.0205. The molecule has 2 aromatic carbocycles. The Kier molecular flexibility index (Phi) is 5.21. The van der Waals surface area contributed by atoms with Crippen LogP contribution in [0.3, 0.4) is 0 Å². The predicted octanol–water partition coefficient (Wildman–Crippen LogP) is 3.14. The van der Waals surface area contributed by atoms with Crippen molar-refractivity contribution in [3.63, 3.8) is 0 Å². The maximum atomic E-state index is 11.4. The van der Waals surface area contributed by atoms with Gasteiger partial charge in [-0.3, -0.25) is 4.79 Å². The summed E-state index contributed by atoms with van der Waals surface area (Å²) in [6, 6.07) is 16.8. The number of hydrogen-bond donors (Lipinski definition) is 2. The van der Waals surface area contributed by atoms with Crippen molar-refractivity contribution in [1.29, 1.82) is 0 Å². The molecule has 0 aliphatic rings. The maximum Gasteiger partial charge on any atom is 0.311 e. The first kappa shape index (κ1) is 14.6. The number of rotatable bonds is 6. The molecule has 0 fully saturated rings. The van der Waals surface area contributed by atoms with Crippen molar-refractivity contribution in [2.45, 2.75) is 17.4 Å². The number of thioether (sulfide) groups is 1. The molecule has 1 atom stereocenters. The molecular formula is C16H16O3S. The van der Waals surface area contributed by atoms with Gasteiger partial charge in [-0.1, -0.05) is 42.5 Å². The first-order valence-corrected chi connectivity index (χ1v) is 7.29. The Balaban J connectivity index is 2.04. The molecule has 0 aliphatic heterocycles. The first-order valence-electron chi connectivity index (χ1n) is 6.31. The summed E-state index contributed by atoms with van der Waals surface area (Å²) in [4.78, 5) is 12.4. The number of aliphatic hydroxyl groups is 1. The fraction of sp³-hybridized carbons (Fsp3) is 0.188. The Labute approximate surface area is 122 Å². The van der Waals surface area contributed by atoms with Crippen LogP contribution in [0.4, 0.5) is 0 Å². The number of carboxylic acids is 1. The van der Waals surface area contributed by atoms with Crippen molar-refractivity contribution < 1.29 is 15.0 Å². The SMILES string of the molecule is O=C(O)C(CSc1ccc(CO)cc1)c1ccccc1. The Hall–Kier alpha value is -1.78. The van der Waals surface area contributed by atoms with E-state index in [1.54, 1.807) is 0 Å². The largest absolute Gasteiger partial charge is 0.481 e. The lowest BCUT2D eigenvalue weighted by molar-refractivity contribution is -0.138. The molecule has 104 valence electrons. The van der Waals surface area contributed by atoms with Crippen LogP contribution in [-0.4, -0.2) is 21.9 Å². The van der Waals surface area contributed by atoms with Gasteiger partial charge in [-0.05, 0) is 23.3 Å². The van der Waals surface area contributed by atoms with Gasteiger partial charge in [-0.15, -0.1) is 11.8 Å². The van der Waals surface area contributed by atoms with Crippen LogP contribution in [0.15, 0.2) is 59.5 Å². The maximum absolute atomic E-state index is 11.4. The van der Waals surface area contributed by atoms with E-state index in [1.165, 1.54) is 11.8 Å². The number of aliphatic hydroxyl groups excluding tert-OH is 1. The molecule has 0 aliphatic carbocycles. The van der Waals surface area contributed by atoms with Gasteiger partial charge in [-0.2, -0.15) is 0 Å². The summed E-state index contributed by atoms with van der Waals surface area (Å²) in [5.41, 5.74) is 1.67. The van der Waals surface area contributed by atoms with Crippen LogP contribution < -0.4 is 0 Å². The molecule has 2 rings (SSSR count). The lowest BCUT2D eigenvalue weighted by Gasteiger charge is -2.12. The minimum absolute atomic E-state index is 0.0205. The van der Waals surface area contributed by atoms with E-state index >= 15 is 0 Å². The highest BCUT2D eigenvalue weighted by Crippen LogP contribution is 2.26. The average molecular weight is 288 g/mol. The third kappa shape index (κ3) is 3.85. The van der Waals surface area contributed by atoms with Gasteiger partial charge < -0.3 is 10.2 Å². The average Bonchev–Trinajstić information content (AvgIpc) is 2.49. The molecule has 0 aromatic heterocycles. The van der Waals surface area contributed by atoms with Crippen molar-refractivity contribution in [2.24, 2.45) is 0 Å². The molecule has 0 amide bonds. The summed E-state index contributed by atoms with van der Waals surface area (Å²) in [5.74, 6) is -0.841. The van der Waals surface area contributed by atoms with E-state index in [-0.39, 0.29) is 6.61 Å². The molecule has 3 nitrogen and oxygen atoms in total. The summed E-state index contributed by atoms with van der Waals surface area (Å²) in [7, 11) is 0. The van der Waals surface area contributed by atoms with Gasteiger partial charge in [0.1, 0.15) is 0 Å². The van der Waals surface area contributed by atoms with Crippen LogP contribution in [0.5, 0.6) is 0 Å². The second-order valence-corrected chi connectivity index (χ2v) is 5.51. The van der Waals surface area contributed by atoms with E-state index in [0.29, 0.717) is 5.75 Å². The summed E-state index contributed by atoms with van der Waals surface area (Å²) < 4.78 is 0. The minimum Gasteiger partial charge on any atom is -0.481 e. The van der Waals surface area contributed by atoms with Gasteiger partial charge in [0.25, 0.3) is 0 Å². The van der Waals surface area contributed by atoms with Gasteiger partial charge >= 0.3 is 5.97 Å². The van der Waals surface area contributed by atoms with Crippen LogP contribution in [-0.2, 0) is 11.4 Å². The Morgan fingerprint density at radius 1 is 1.05 bits per heavy atom. The molecule has 20 heavy (non-hydrogen) atoms. The number of carboxylic acid groups (broad SMARTS) is 1. The second-order valence-electron chi connectivity index (χ2n) is 4.41. The van der Waals surface area contributed by atoms with Crippen molar-refractivity contribution in [3.8, 4) is 0 Å². The van der Waals surface area contributed by atoms with Crippen LogP contribution in [0.25, 0.3) is 0 Å². The molecule has 0 spiro atoms. The molecule has 0 saturated heterocycles. The molecular weight excluding hydrogens is 272 g/mol. The summed E-state index contributed by atoms with van der Waals surface area (Å²) >= 11 is 1.51. The first-order chi connectivity index (χ1) is 9.70. The highest BCUT2D eigenvalue weighted by atomic mass is 32.2. The van der Waals surface area contributed by atoms with E-state index in [2.05, 4.69) is 0 Å². The summed E-state index contributed by atoms with van der Waals surface area (Å²) in [5, 5.41) is 18.3. The van der Waals surface area contributed by atoms with Crippen LogP contribution in [0.1, 0.15) is 17.0 Å². The molecule has 0 heterocycles. The molecule has 2 N–H and O–H groups in total. The van der Waals surface area contributed by atoms with Gasteiger partial charge in [0.15, 0.2) is 0 Å². The molecule has 0 saturated carbocycles. The minimum atomic E-state index is -0.810. The van der Waals surface area contributed by atoms with Crippen molar-refractivity contribution in [3.05, 3.63) is 65.7 Å². The smallest absolute Gasteiger partial charge is 0.311 e. The third-order valence-corrected chi connectivity index (χ3v) is 4.13. The zero-order valence-electron chi connectivity index (χ0n) is 10.9. The fourth-order valence-corrected chi connectivity index (χ4v) is 2.89. The number of benzene rings is 2. The predicted molar refractivity (Wildman–Crippen MR) is 79.9 cm³/mol. The highest BCUT2D eigenvalue weighted by Gasteiger charge is 2.19. The topological polar surface area (TPSA) is 57.5 Å². The summed E-state index contributed by atoms with van der Waals surface area (Å²) in [6.07, 6.45) is 0. The Morgan fingerprint density at radius 2 is 1.70 bits per heavy atom. The van der Waals surface area contributed by atoms with Crippen LogP contribution >= 0.6 is 11.8 Å². The molecule has 0 bridgehead atoms. The van der Waals surface area contributed by atoms with E-state index in [1.807, 2.05) is 54.6 Å².